The van der Waals surface area contributed by atoms with Gasteiger partial charge >= 0.3 is 17.9 Å². The highest BCUT2D eigenvalue weighted by Gasteiger charge is 2.19. The zero-order valence-corrected chi connectivity index (χ0v) is 42.3. The molecule has 0 saturated carbocycles. The van der Waals surface area contributed by atoms with Crippen molar-refractivity contribution in [3.05, 3.63) is 60.8 Å². The summed E-state index contributed by atoms with van der Waals surface area (Å²) in [6, 6.07) is 0. The molecule has 0 fully saturated rings. The molecule has 6 nitrogen and oxygen atoms in total. The molecule has 64 heavy (non-hydrogen) atoms. The molecule has 1 unspecified atom stereocenters. The minimum absolute atomic E-state index is 0.0811. The summed E-state index contributed by atoms with van der Waals surface area (Å²) in [6.07, 6.45) is 64.9. The molecule has 0 spiro atoms. The predicted octanol–water partition coefficient (Wildman–Crippen LogP) is 18.0. The molecule has 0 heterocycles. The topological polar surface area (TPSA) is 78.9 Å². The number of hydrogen-bond acceptors (Lipinski definition) is 6. The van der Waals surface area contributed by atoms with E-state index in [1.807, 2.05) is 0 Å². The van der Waals surface area contributed by atoms with Gasteiger partial charge in [0.15, 0.2) is 6.10 Å². The SMILES string of the molecule is CC/C=C\C/C=C\C/C=C\C/C=C\C/C=C\CCCCCC(=O)OCC(COC(=O)CCCCCCCCCCCCCCC)OC(=O)CCCCCCCCCCCCCCCC. The molecule has 6 heteroatoms. The summed E-state index contributed by atoms with van der Waals surface area (Å²) in [6.45, 7) is 6.52. The molecule has 0 bridgehead atoms. The fourth-order valence-corrected chi connectivity index (χ4v) is 7.70. The Morgan fingerprint density at radius 3 is 0.953 bits per heavy atom. The summed E-state index contributed by atoms with van der Waals surface area (Å²) < 4.78 is 16.8. The van der Waals surface area contributed by atoms with Gasteiger partial charge in [0.2, 0.25) is 0 Å². The van der Waals surface area contributed by atoms with E-state index in [0.717, 1.165) is 96.3 Å². The van der Waals surface area contributed by atoms with E-state index < -0.39 is 6.10 Å². The first-order valence-electron chi connectivity index (χ1n) is 27.3. The van der Waals surface area contributed by atoms with E-state index in [1.54, 1.807) is 0 Å². The van der Waals surface area contributed by atoms with Crippen molar-refractivity contribution in [1.29, 1.82) is 0 Å². The van der Waals surface area contributed by atoms with E-state index in [0.29, 0.717) is 19.3 Å². The number of unbranched alkanes of at least 4 members (excludes halogenated alkanes) is 28. The predicted molar refractivity (Wildman–Crippen MR) is 275 cm³/mol. The third-order valence-electron chi connectivity index (χ3n) is 11.8. The molecule has 0 rings (SSSR count). The van der Waals surface area contributed by atoms with E-state index in [1.165, 1.54) is 135 Å². The molecule has 370 valence electrons. The van der Waals surface area contributed by atoms with Crippen LogP contribution in [0, 0.1) is 0 Å². The molecule has 0 aromatic heterocycles. The smallest absolute Gasteiger partial charge is 0.306 e. The molecule has 0 aliphatic carbocycles. The van der Waals surface area contributed by atoms with Crippen LogP contribution in [-0.4, -0.2) is 37.2 Å². The minimum atomic E-state index is -0.783. The number of carbonyl (C=O) groups is 3. The number of esters is 3. The lowest BCUT2D eigenvalue weighted by molar-refractivity contribution is -0.167. The minimum Gasteiger partial charge on any atom is -0.462 e. The number of carbonyl (C=O) groups excluding carboxylic acids is 3. The molecule has 0 aromatic rings. The third kappa shape index (κ3) is 50.1. The molecule has 0 N–H and O–H groups in total. The molecule has 0 amide bonds. The first-order chi connectivity index (χ1) is 31.5. The van der Waals surface area contributed by atoms with Crippen LogP contribution in [0.5, 0.6) is 0 Å². The number of rotatable bonds is 49. The van der Waals surface area contributed by atoms with Gasteiger partial charge < -0.3 is 14.2 Å². The molecule has 1 atom stereocenters. The maximum atomic E-state index is 12.8. The first-order valence-corrected chi connectivity index (χ1v) is 27.3. The van der Waals surface area contributed by atoms with Crippen molar-refractivity contribution in [3.63, 3.8) is 0 Å². The first kappa shape index (κ1) is 61.1. The summed E-state index contributed by atoms with van der Waals surface area (Å²) >= 11 is 0. The molecule has 0 aromatic carbocycles. The van der Waals surface area contributed by atoms with E-state index in [9.17, 15) is 14.4 Å². The second-order valence-corrected chi connectivity index (χ2v) is 18.1. The van der Waals surface area contributed by atoms with Gasteiger partial charge in [0.25, 0.3) is 0 Å². The molecule has 0 saturated heterocycles. The largest absolute Gasteiger partial charge is 0.462 e. The van der Waals surface area contributed by atoms with Gasteiger partial charge in [-0.05, 0) is 64.2 Å². The third-order valence-corrected chi connectivity index (χ3v) is 11.8. The molecular weight excluding hydrogens is 793 g/mol. The van der Waals surface area contributed by atoms with Crippen LogP contribution in [0.4, 0.5) is 0 Å². The van der Waals surface area contributed by atoms with Crippen LogP contribution in [0.1, 0.15) is 271 Å². The summed E-state index contributed by atoms with van der Waals surface area (Å²) in [4.78, 5) is 38.0. The van der Waals surface area contributed by atoms with Crippen molar-refractivity contribution in [1.82, 2.24) is 0 Å². The normalized spacial score (nSPS) is 12.5. The van der Waals surface area contributed by atoms with E-state index in [2.05, 4.69) is 81.5 Å². The second kappa shape index (κ2) is 52.7. The lowest BCUT2D eigenvalue weighted by atomic mass is 10.0. The van der Waals surface area contributed by atoms with Crippen molar-refractivity contribution in [2.75, 3.05) is 13.2 Å². The van der Waals surface area contributed by atoms with E-state index in [-0.39, 0.29) is 31.1 Å². The summed E-state index contributed by atoms with van der Waals surface area (Å²) in [5, 5.41) is 0. The van der Waals surface area contributed by atoms with Crippen LogP contribution in [0.25, 0.3) is 0 Å². The fourth-order valence-electron chi connectivity index (χ4n) is 7.70. The Bertz CT molecular complexity index is 1170. The highest BCUT2D eigenvalue weighted by atomic mass is 16.6. The summed E-state index contributed by atoms with van der Waals surface area (Å²) in [5.74, 6) is -0.904. The second-order valence-electron chi connectivity index (χ2n) is 18.1. The van der Waals surface area contributed by atoms with E-state index >= 15 is 0 Å². The van der Waals surface area contributed by atoms with Crippen LogP contribution in [-0.2, 0) is 28.6 Å². The standard InChI is InChI=1S/C58H102O6/c1-4-7-10-13-16-19-22-25-27-28-29-30-31-34-36-39-42-45-48-51-57(60)63-54-55(53-62-56(59)50-47-44-41-38-35-32-24-21-18-15-12-9-6-3)64-58(61)52-49-46-43-40-37-33-26-23-20-17-14-11-8-5-2/h7,10,16,19,25,27,29-30,34,36,55H,4-6,8-9,11-15,17-18,20-24,26,28,31-33,35,37-54H2,1-3H3/b10-7-,19-16-,27-25-,30-29-,36-34-. The van der Waals surface area contributed by atoms with Crippen molar-refractivity contribution in [3.8, 4) is 0 Å². The van der Waals surface area contributed by atoms with Gasteiger partial charge in [-0.25, -0.2) is 0 Å². The lowest BCUT2D eigenvalue weighted by Gasteiger charge is -2.18. The molecule has 0 aliphatic rings. The van der Waals surface area contributed by atoms with Crippen LogP contribution >= 0.6 is 0 Å². The van der Waals surface area contributed by atoms with Gasteiger partial charge in [0.05, 0.1) is 0 Å². The number of ether oxygens (including phenoxy) is 3. The van der Waals surface area contributed by atoms with Crippen LogP contribution in [0.3, 0.4) is 0 Å². The van der Waals surface area contributed by atoms with Gasteiger partial charge in [0, 0.05) is 19.3 Å². The van der Waals surface area contributed by atoms with Gasteiger partial charge in [-0.1, -0.05) is 248 Å². The Labute approximate surface area is 396 Å². The van der Waals surface area contributed by atoms with E-state index in [4.69, 9.17) is 14.2 Å². The zero-order chi connectivity index (χ0) is 46.5. The Balaban J connectivity index is 4.41. The highest BCUT2D eigenvalue weighted by molar-refractivity contribution is 5.71. The summed E-state index contributed by atoms with van der Waals surface area (Å²) in [5.41, 5.74) is 0. The Morgan fingerprint density at radius 1 is 0.328 bits per heavy atom. The van der Waals surface area contributed by atoms with Gasteiger partial charge in [-0.15, -0.1) is 0 Å². The van der Waals surface area contributed by atoms with Gasteiger partial charge in [-0.2, -0.15) is 0 Å². The monoisotopic (exact) mass is 895 g/mol. The van der Waals surface area contributed by atoms with Crippen molar-refractivity contribution in [2.24, 2.45) is 0 Å². The van der Waals surface area contributed by atoms with Crippen molar-refractivity contribution >= 4 is 17.9 Å². The van der Waals surface area contributed by atoms with Gasteiger partial charge in [0.1, 0.15) is 13.2 Å². The lowest BCUT2D eigenvalue weighted by Crippen LogP contribution is -2.30. The van der Waals surface area contributed by atoms with Crippen molar-refractivity contribution < 1.29 is 28.6 Å². The maximum absolute atomic E-state index is 12.8. The number of allylic oxidation sites excluding steroid dienone is 10. The zero-order valence-electron chi connectivity index (χ0n) is 42.3. The maximum Gasteiger partial charge on any atom is 0.306 e. The highest BCUT2D eigenvalue weighted by Crippen LogP contribution is 2.16. The Morgan fingerprint density at radius 2 is 0.609 bits per heavy atom. The molecule has 0 aliphatic heterocycles. The Kier molecular flexibility index (Phi) is 50.4. The molecular formula is C58H102O6. The van der Waals surface area contributed by atoms with Gasteiger partial charge in [-0.3, -0.25) is 14.4 Å². The average molecular weight is 895 g/mol. The number of hydrogen-bond donors (Lipinski definition) is 0. The fraction of sp³-hybridized carbons (Fsp3) is 0.776. The average Bonchev–Trinajstić information content (AvgIpc) is 3.29. The van der Waals surface area contributed by atoms with Crippen molar-refractivity contribution in [2.45, 2.75) is 277 Å². The summed E-state index contributed by atoms with van der Waals surface area (Å²) in [7, 11) is 0. The van der Waals surface area contributed by atoms with Crippen LogP contribution in [0.2, 0.25) is 0 Å². The van der Waals surface area contributed by atoms with Crippen LogP contribution < -0.4 is 0 Å². The van der Waals surface area contributed by atoms with Crippen LogP contribution in [0.15, 0.2) is 60.8 Å². The Hall–Kier alpha value is -2.89. The molecule has 0 radical (unpaired) electrons. The quantitative estimate of drug-likeness (QED) is 0.0262.